The van der Waals surface area contributed by atoms with Crippen molar-refractivity contribution in [2.24, 2.45) is 0 Å². The zero-order chi connectivity index (χ0) is 6.24. The van der Waals surface area contributed by atoms with E-state index in [1.54, 1.807) is 12.4 Å². The predicted molar refractivity (Wildman–Crippen MR) is 35.9 cm³/mol. The minimum Gasteiger partial charge on any atom is -0.333 e. The summed E-state index contributed by atoms with van der Waals surface area (Å²) in [7, 11) is 0. The third kappa shape index (κ3) is 7.98. The molecule has 0 aromatic carbocycles. The van der Waals surface area contributed by atoms with Crippen molar-refractivity contribution in [1.82, 2.24) is 4.98 Å². The molecule has 1 rings (SSSR count). The van der Waals surface area contributed by atoms with Crippen LogP contribution in [0.1, 0.15) is 0 Å². The molecule has 1 N–H and O–H groups in total. The Bertz CT molecular complexity index is 88.9. The van der Waals surface area contributed by atoms with E-state index in [9.17, 15) is 0 Å². The van der Waals surface area contributed by atoms with E-state index >= 15 is 0 Å². The van der Waals surface area contributed by atoms with Gasteiger partial charge < -0.3 is 4.55 Å². The Hall–Kier alpha value is -0.0205. The van der Waals surface area contributed by atoms with Crippen LogP contribution in [-0.4, -0.2) is 9.54 Å². The van der Waals surface area contributed by atoms with Gasteiger partial charge in [0.15, 0.2) is 0 Å². The molecular formula is C5H7CuNOS. The second-order valence-corrected chi connectivity index (χ2v) is 1.02. The van der Waals surface area contributed by atoms with Gasteiger partial charge in [0.1, 0.15) is 0 Å². The standard InChI is InChI=1S/C5H5N.Cu.H2OS/c1-2-4-6-5-3-1;;1-2/h1-5H;;1-2H. The molecule has 0 aliphatic heterocycles. The molecule has 9 heavy (non-hydrogen) atoms. The van der Waals surface area contributed by atoms with Crippen LogP contribution in [0.15, 0.2) is 30.6 Å². The summed E-state index contributed by atoms with van der Waals surface area (Å²) >= 11 is 2.53. The fraction of sp³-hybridized carbons (Fsp3) is 0. The molecule has 0 saturated heterocycles. The van der Waals surface area contributed by atoms with Crippen LogP contribution in [0.3, 0.4) is 0 Å². The molecule has 0 spiro atoms. The number of aromatic nitrogens is 1. The predicted octanol–water partition coefficient (Wildman–Crippen LogP) is 1.47. The fourth-order valence-electron chi connectivity index (χ4n) is 0.313. The van der Waals surface area contributed by atoms with Gasteiger partial charge in [-0.15, -0.1) is 0 Å². The van der Waals surface area contributed by atoms with Crippen LogP contribution in [-0.2, 0) is 17.1 Å². The molecule has 1 aromatic heterocycles. The van der Waals surface area contributed by atoms with Gasteiger partial charge in [-0.3, -0.25) is 4.98 Å². The third-order valence-corrected chi connectivity index (χ3v) is 0.566. The van der Waals surface area contributed by atoms with Crippen molar-refractivity contribution in [3.05, 3.63) is 30.6 Å². The summed E-state index contributed by atoms with van der Waals surface area (Å²) in [6.07, 6.45) is 3.50. The van der Waals surface area contributed by atoms with E-state index in [0.717, 1.165) is 0 Å². The third-order valence-electron chi connectivity index (χ3n) is 0.566. The summed E-state index contributed by atoms with van der Waals surface area (Å²) in [5.41, 5.74) is 0. The summed E-state index contributed by atoms with van der Waals surface area (Å²) < 4.78 is 6.69. The molecule has 55 valence electrons. The van der Waals surface area contributed by atoms with Crippen LogP contribution >= 0.6 is 12.9 Å². The number of thiol groups is 1. The van der Waals surface area contributed by atoms with Gasteiger partial charge in [0, 0.05) is 29.5 Å². The van der Waals surface area contributed by atoms with Gasteiger partial charge in [-0.25, -0.2) is 0 Å². The average Bonchev–Trinajstić information content (AvgIpc) is 1.96. The molecule has 0 fully saturated rings. The molecule has 1 heterocycles. The van der Waals surface area contributed by atoms with Crippen molar-refractivity contribution in [1.29, 1.82) is 0 Å². The number of hydrogen-bond donors (Lipinski definition) is 2. The van der Waals surface area contributed by atoms with E-state index in [-0.39, 0.29) is 17.1 Å². The average molecular weight is 193 g/mol. The molecule has 0 saturated carbocycles. The minimum atomic E-state index is 0. The van der Waals surface area contributed by atoms with Gasteiger partial charge in [-0.1, -0.05) is 6.07 Å². The van der Waals surface area contributed by atoms with E-state index < -0.39 is 0 Å². The first kappa shape index (κ1) is 11.7. The van der Waals surface area contributed by atoms with E-state index in [0.29, 0.717) is 0 Å². The topological polar surface area (TPSA) is 33.1 Å². The van der Waals surface area contributed by atoms with Crippen molar-refractivity contribution >= 4 is 12.9 Å². The molecular weight excluding hydrogens is 186 g/mol. The van der Waals surface area contributed by atoms with Crippen LogP contribution in [0.2, 0.25) is 0 Å². The van der Waals surface area contributed by atoms with Crippen LogP contribution < -0.4 is 0 Å². The first-order valence-corrected chi connectivity index (χ1v) is 2.45. The molecule has 0 unspecified atom stereocenters. The molecule has 1 aromatic rings. The molecule has 0 amide bonds. The molecule has 0 atom stereocenters. The van der Waals surface area contributed by atoms with E-state index in [2.05, 4.69) is 17.9 Å². The SMILES string of the molecule is OS.[Cu].c1ccncc1. The molecule has 1 radical (unpaired) electrons. The van der Waals surface area contributed by atoms with Crippen LogP contribution in [0.25, 0.3) is 0 Å². The molecule has 2 nitrogen and oxygen atoms in total. The van der Waals surface area contributed by atoms with E-state index in [1.807, 2.05) is 18.2 Å². The van der Waals surface area contributed by atoms with Gasteiger partial charge in [0.25, 0.3) is 0 Å². The van der Waals surface area contributed by atoms with Gasteiger partial charge in [0.05, 0.1) is 0 Å². The maximum absolute atomic E-state index is 6.69. The van der Waals surface area contributed by atoms with Crippen LogP contribution in [0.4, 0.5) is 0 Å². The van der Waals surface area contributed by atoms with Crippen molar-refractivity contribution in [2.75, 3.05) is 0 Å². The van der Waals surface area contributed by atoms with Crippen LogP contribution in [0, 0.1) is 0 Å². The van der Waals surface area contributed by atoms with Gasteiger partial charge >= 0.3 is 0 Å². The Morgan fingerprint density at radius 1 is 1.00 bits per heavy atom. The quantitative estimate of drug-likeness (QED) is 0.371. The Morgan fingerprint density at radius 3 is 1.56 bits per heavy atom. The van der Waals surface area contributed by atoms with Gasteiger partial charge in [0.2, 0.25) is 0 Å². The molecule has 0 aliphatic carbocycles. The molecule has 0 bridgehead atoms. The first-order valence-electron chi connectivity index (χ1n) is 2.05. The minimum absolute atomic E-state index is 0. The second kappa shape index (κ2) is 10.9. The summed E-state index contributed by atoms with van der Waals surface area (Å²) in [6.45, 7) is 0. The van der Waals surface area contributed by atoms with Gasteiger partial charge in [-0.2, -0.15) is 0 Å². The van der Waals surface area contributed by atoms with Crippen molar-refractivity contribution in [2.45, 2.75) is 0 Å². The number of hydrogen-bond acceptors (Lipinski definition) is 3. The Kier molecular flexibility index (Phi) is 14.2. The van der Waals surface area contributed by atoms with Crippen molar-refractivity contribution in [3.63, 3.8) is 0 Å². The fourth-order valence-corrected chi connectivity index (χ4v) is 0.313. The normalized spacial score (nSPS) is 6.00. The summed E-state index contributed by atoms with van der Waals surface area (Å²) in [5, 5.41) is 0. The van der Waals surface area contributed by atoms with E-state index in [4.69, 9.17) is 4.55 Å². The zero-order valence-electron chi connectivity index (χ0n) is 4.53. The largest absolute Gasteiger partial charge is 0.333 e. The Morgan fingerprint density at radius 2 is 1.44 bits per heavy atom. The number of pyridine rings is 1. The van der Waals surface area contributed by atoms with E-state index in [1.165, 1.54) is 0 Å². The van der Waals surface area contributed by atoms with Crippen molar-refractivity contribution in [3.8, 4) is 0 Å². The zero-order valence-corrected chi connectivity index (χ0v) is 6.37. The molecule has 4 heteroatoms. The summed E-state index contributed by atoms with van der Waals surface area (Å²) in [5.74, 6) is 0. The second-order valence-electron chi connectivity index (χ2n) is 1.02. The molecule has 0 aliphatic rings. The first-order chi connectivity index (χ1) is 4.00. The van der Waals surface area contributed by atoms with Gasteiger partial charge in [-0.05, 0) is 25.0 Å². The Balaban J connectivity index is 0. The number of rotatable bonds is 0. The maximum atomic E-state index is 6.69. The van der Waals surface area contributed by atoms with Crippen LogP contribution in [0.5, 0.6) is 0 Å². The summed E-state index contributed by atoms with van der Waals surface area (Å²) in [4.78, 5) is 3.78. The monoisotopic (exact) mass is 192 g/mol. The maximum Gasteiger partial charge on any atom is 0.0267 e. The number of nitrogens with zero attached hydrogens (tertiary/aromatic N) is 1. The Labute approximate surface area is 70.4 Å². The summed E-state index contributed by atoms with van der Waals surface area (Å²) in [6, 6.07) is 5.72. The smallest absolute Gasteiger partial charge is 0.0267 e. The van der Waals surface area contributed by atoms with Crippen molar-refractivity contribution < 1.29 is 21.6 Å².